The lowest BCUT2D eigenvalue weighted by Crippen LogP contribution is -2.14. The summed E-state index contributed by atoms with van der Waals surface area (Å²) in [5.74, 6) is 0.740. The number of fused-ring (bicyclic) bond motifs is 10. The van der Waals surface area contributed by atoms with Gasteiger partial charge in [-0.1, -0.05) is 123 Å². The van der Waals surface area contributed by atoms with Crippen molar-refractivity contribution in [2.24, 2.45) is 0 Å². The third-order valence-corrected chi connectivity index (χ3v) is 12.2. The minimum Gasteiger partial charge on any atom is -0.309 e. The van der Waals surface area contributed by atoms with Gasteiger partial charge in [0.15, 0.2) is 5.82 Å². The summed E-state index contributed by atoms with van der Waals surface area (Å²) in [6, 6.07) is 55.0. The molecule has 0 saturated carbocycles. The van der Waals surface area contributed by atoms with Crippen LogP contribution in [-0.4, -0.2) is 14.5 Å². The highest BCUT2D eigenvalue weighted by Gasteiger charge is 2.36. The number of thiophene rings is 1. The van der Waals surface area contributed by atoms with E-state index in [1.165, 1.54) is 64.2 Å². The summed E-state index contributed by atoms with van der Waals surface area (Å²) < 4.78 is 4.93. The van der Waals surface area contributed by atoms with Crippen molar-refractivity contribution in [1.29, 1.82) is 0 Å². The molecule has 51 heavy (non-hydrogen) atoms. The Labute approximate surface area is 299 Å². The molecule has 0 unspecified atom stereocenters. The fraction of sp³-hybridized carbons (Fsp3) is 0.0638. The Hall–Kier alpha value is -6.10. The maximum atomic E-state index is 5.38. The maximum absolute atomic E-state index is 5.38. The number of hydrogen-bond acceptors (Lipinski definition) is 3. The molecule has 3 aromatic heterocycles. The lowest BCUT2D eigenvalue weighted by atomic mass is 9.82. The van der Waals surface area contributed by atoms with E-state index in [-0.39, 0.29) is 5.41 Å². The first-order valence-corrected chi connectivity index (χ1v) is 18.3. The molecule has 0 saturated heterocycles. The van der Waals surface area contributed by atoms with Gasteiger partial charge in [-0.3, -0.25) is 0 Å². The number of benzene rings is 7. The van der Waals surface area contributed by atoms with E-state index in [4.69, 9.17) is 9.97 Å². The van der Waals surface area contributed by atoms with Gasteiger partial charge in [0.25, 0.3) is 0 Å². The van der Waals surface area contributed by atoms with E-state index in [2.05, 4.69) is 170 Å². The average Bonchev–Trinajstić information content (AvgIpc) is 3.79. The zero-order valence-corrected chi connectivity index (χ0v) is 29.0. The maximum Gasteiger partial charge on any atom is 0.161 e. The van der Waals surface area contributed by atoms with Crippen molar-refractivity contribution in [2.45, 2.75) is 19.3 Å². The van der Waals surface area contributed by atoms with Crippen LogP contribution in [0.4, 0.5) is 0 Å². The molecule has 10 aromatic rings. The molecule has 240 valence electrons. The van der Waals surface area contributed by atoms with E-state index >= 15 is 0 Å². The number of hydrogen-bond donors (Lipinski definition) is 0. The molecule has 1 aliphatic carbocycles. The van der Waals surface area contributed by atoms with Gasteiger partial charge in [-0.25, -0.2) is 9.97 Å². The van der Waals surface area contributed by atoms with Crippen molar-refractivity contribution in [3.8, 4) is 39.5 Å². The van der Waals surface area contributed by atoms with Crippen LogP contribution in [0.15, 0.2) is 152 Å². The number of aromatic nitrogens is 3. The van der Waals surface area contributed by atoms with Crippen molar-refractivity contribution < 1.29 is 0 Å². The summed E-state index contributed by atoms with van der Waals surface area (Å²) in [5, 5.41) is 6.05. The number of nitrogens with zero attached hydrogens (tertiary/aromatic N) is 3. The lowest BCUT2D eigenvalue weighted by molar-refractivity contribution is 0.661. The molecule has 0 atom stereocenters. The van der Waals surface area contributed by atoms with Gasteiger partial charge < -0.3 is 4.57 Å². The van der Waals surface area contributed by atoms with E-state index in [1.54, 1.807) is 0 Å². The quantitative estimate of drug-likeness (QED) is 0.187. The van der Waals surface area contributed by atoms with Gasteiger partial charge in [-0.15, -0.1) is 11.3 Å². The molecule has 3 nitrogen and oxygen atoms in total. The van der Waals surface area contributed by atoms with E-state index in [1.807, 2.05) is 11.3 Å². The van der Waals surface area contributed by atoms with Crippen LogP contribution in [0.25, 0.3) is 92.3 Å². The predicted octanol–water partition coefficient (Wildman–Crippen LogP) is 12.7. The zero-order valence-electron chi connectivity index (χ0n) is 28.2. The first kappa shape index (κ1) is 28.7. The second-order valence-electron chi connectivity index (χ2n) is 14.2. The molecular formula is C47H31N3S. The molecule has 1 aliphatic rings. The van der Waals surface area contributed by atoms with E-state index in [9.17, 15) is 0 Å². The average molecular weight is 670 g/mol. The molecule has 0 amide bonds. The van der Waals surface area contributed by atoms with Crippen LogP contribution in [-0.2, 0) is 5.41 Å². The van der Waals surface area contributed by atoms with Crippen LogP contribution in [0.5, 0.6) is 0 Å². The van der Waals surface area contributed by atoms with Crippen molar-refractivity contribution in [2.75, 3.05) is 0 Å². The summed E-state index contributed by atoms with van der Waals surface area (Å²) >= 11 is 1.82. The summed E-state index contributed by atoms with van der Waals surface area (Å²) in [4.78, 5) is 10.7. The van der Waals surface area contributed by atoms with Gasteiger partial charge in [0.1, 0.15) is 0 Å². The van der Waals surface area contributed by atoms with Crippen LogP contribution in [0.2, 0.25) is 0 Å². The standard InChI is InChI=1S/C47H31N3S/c1-47(2)38-20-10-6-16-30(38)34-26-35-31-17-8-12-22-41(31)50(42(35)27-39(34)47)29-24-36-32-18-9-13-23-43(32)51-45(36)37(25-29)46-48-40-21-11-7-19-33(40)44(49-46)28-14-4-3-5-15-28/h3-27H,1-2H3. The minimum absolute atomic E-state index is 0.104. The zero-order chi connectivity index (χ0) is 33.8. The van der Waals surface area contributed by atoms with Crippen molar-refractivity contribution in [1.82, 2.24) is 14.5 Å². The number of para-hydroxylation sites is 2. The molecule has 0 radical (unpaired) electrons. The molecule has 4 heteroatoms. The van der Waals surface area contributed by atoms with Crippen LogP contribution < -0.4 is 0 Å². The van der Waals surface area contributed by atoms with Gasteiger partial charge in [0.2, 0.25) is 0 Å². The third-order valence-electron chi connectivity index (χ3n) is 11.0. The van der Waals surface area contributed by atoms with Crippen molar-refractivity contribution in [3.05, 3.63) is 163 Å². The highest BCUT2D eigenvalue weighted by Crippen LogP contribution is 2.51. The van der Waals surface area contributed by atoms with Gasteiger partial charge in [0, 0.05) is 58.6 Å². The van der Waals surface area contributed by atoms with Gasteiger partial charge in [-0.05, 0) is 64.7 Å². The Morgan fingerprint density at radius 2 is 1.24 bits per heavy atom. The van der Waals surface area contributed by atoms with E-state index in [0.29, 0.717) is 0 Å². The number of rotatable bonds is 3. The van der Waals surface area contributed by atoms with Crippen molar-refractivity contribution in [3.63, 3.8) is 0 Å². The second kappa shape index (κ2) is 10.5. The van der Waals surface area contributed by atoms with E-state index < -0.39 is 0 Å². The Kier molecular flexibility index (Phi) is 5.89. The van der Waals surface area contributed by atoms with Crippen LogP contribution in [0.3, 0.4) is 0 Å². The topological polar surface area (TPSA) is 30.7 Å². The fourth-order valence-electron chi connectivity index (χ4n) is 8.56. The third kappa shape index (κ3) is 4.05. The molecule has 0 aliphatic heterocycles. The molecule has 0 bridgehead atoms. The lowest BCUT2D eigenvalue weighted by Gasteiger charge is -2.21. The summed E-state index contributed by atoms with van der Waals surface area (Å²) in [6.45, 7) is 4.72. The Balaban J connectivity index is 1.25. The van der Waals surface area contributed by atoms with Crippen LogP contribution >= 0.6 is 11.3 Å². The summed E-state index contributed by atoms with van der Waals surface area (Å²) in [6.07, 6.45) is 0. The smallest absolute Gasteiger partial charge is 0.161 e. The normalized spacial score (nSPS) is 13.5. The van der Waals surface area contributed by atoms with E-state index in [0.717, 1.165) is 39.2 Å². The summed E-state index contributed by atoms with van der Waals surface area (Å²) in [7, 11) is 0. The van der Waals surface area contributed by atoms with Crippen molar-refractivity contribution >= 4 is 64.2 Å². The summed E-state index contributed by atoms with van der Waals surface area (Å²) in [5.41, 5.74) is 12.9. The molecular weight excluding hydrogens is 639 g/mol. The highest BCUT2D eigenvalue weighted by molar-refractivity contribution is 7.26. The SMILES string of the molecule is CC1(C)c2ccccc2-c2cc3c4ccccc4n(-c4cc(-c5nc(-c6ccccc6)c6ccccc6n5)c5sc6ccccc6c5c4)c3cc21. The largest absolute Gasteiger partial charge is 0.309 e. The Morgan fingerprint density at radius 1 is 0.510 bits per heavy atom. The fourth-order valence-corrected chi connectivity index (χ4v) is 9.75. The van der Waals surface area contributed by atoms with Crippen LogP contribution in [0.1, 0.15) is 25.0 Å². The second-order valence-corrected chi connectivity index (χ2v) is 15.2. The van der Waals surface area contributed by atoms with Gasteiger partial charge >= 0.3 is 0 Å². The first-order valence-electron chi connectivity index (χ1n) is 17.5. The van der Waals surface area contributed by atoms with Crippen LogP contribution in [0, 0.1) is 0 Å². The molecule has 3 heterocycles. The minimum atomic E-state index is -0.104. The predicted molar refractivity (Wildman–Crippen MR) is 215 cm³/mol. The highest BCUT2D eigenvalue weighted by atomic mass is 32.1. The van der Waals surface area contributed by atoms with Gasteiger partial charge in [0.05, 0.1) is 22.2 Å². The Bertz CT molecular complexity index is 3060. The first-order chi connectivity index (χ1) is 25.0. The monoisotopic (exact) mass is 669 g/mol. The molecule has 0 spiro atoms. The molecule has 0 fully saturated rings. The van der Waals surface area contributed by atoms with Gasteiger partial charge in [-0.2, -0.15) is 0 Å². The Morgan fingerprint density at radius 3 is 2.12 bits per heavy atom. The molecule has 7 aromatic carbocycles. The molecule has 0 N–H and O–H groups in total. The molecule has 11 rings (SSSR count).